The number of fused-ring (bicyclic) bond motifs is 2. The maximum Gasteiger partial charge on any atom is 0.198 e. The summed E-state index contributed by atoms with van der Waals surface area (Å²) in [5.74, 6) is 3.38. The number of hydrogen-bond acceptors (Lipinski definition) is 4. The molecular formula is C27H36BFN4O. The molecule has 1 aromatic heterocycles. The molecule has 6 rings (SSSR count). The summed E-state index contributed by atoms with van der Waals surface area (Å²) in [6, 6.07) is 0.128. The van der Waals surface area contributed by atoms with Gasteiger partial charge in [0.05, 0.1) is 11.6 Å². The van der Waals surface area contributed by atoms with Crippen molar-refractivity contribution < 1.29 is 4.39 Å². The Balaban J connectivity index is 1.37. The van der Waals surface area contributed by atoms with E-state index in [4.69, 9.17) is 0 Å². The smallest absolute Gasteiger partial charge is 0.198 e. The summed E-state index contributed by atoms with van der Waals surface area (Å²) < 4.78 is 17.7. The van der Waals surface area contributed by atoms with E-state index in [9.17, 15) is 4.79 Å². The van der Waals surface area contributed by atoms with Crippen LogP contribution >= 0.6 is 0 Å². The molecule has 34 heavy (non-hydrogen) atoms. The van der Waals surface area contributed by atoms with Crippen LogP contribution in [0.3, 0.4) is 0 Å². The minimum atomic E-state index is -1.16. The first kappa shape index (κ1) is 22.4. The van der Waals surface area contributed by atoms with Crippen LogP contribution in [-0.4, -0.2) is 60.5 Å². The van der Waals surface area contributed by atoms with Gasteiger partial charge in [0.1, 0.15) is 6.17 Å². The number of rotatable bonds is 5. The molecular weight excluding hydrogens is 426 g/mol. The molecule has 0 spiro atoms. The Morgan fingerprint density at radius 1 is 1.21 bits per heavy atom. The normalized spacial score (nSPS) is 31.0. The van der Waals surface area contributed by atoms with Gasteiger partial charge in [0, 0.05) is 60.6 Å². The fraction of sp³-hybridized carbons (Fsp3) is 0.593. The predicted octanol–water partition coefficient (Wildman–Crippen LogP) is 1.63. The first-order valence-electron chi connectivity index (χ1n) is 13.2. The van der Waals surface area contributed by atoms with Crippen LogP contribution in [0.5, 0.6) is 0 Å². The lowest BCUT2D eigenvalue weighted by atomic mass is 9.37. The van der Waals surface area contributed by atoms with Crippen molar-refractivity contribution >= 4 is 24.6 Å². The number of aromatic nitrogens is 1. The molecule has 4 atom stereocenters. The molecule has 2 N–H and O–H groups in total. The van der Waals surface area contributed by atoms with E-state index < -0.39 is 6.17 Å². The number of piperazine rings is 1. The molecule has 3 fully saturated rings. The third kappa shape index (κ3) is 4.11. The molecule has 180 valence electrons. The van der Waals surface area contributed by atoms with Gasteiger partial charge < -0.3 is 15.2 Å². The molecule has 0 bridgehead atoms. The number of alkyl halides is 1. The Morgan fingerprint density at radius 3 is 2.74 bits per heavy atom. The summed E-state index contributed by atoms with van der Waals surface area (Å²) in [6.45, 7) is 10.1. The lowest BCUT2D eigenvalue weighted by Crippen LogP contribution is -2.57. The van der Waals surface area contributed by atoms with Crippen LogP contribution in [0.15, 0.2) is 29.1 Å². The second-order valence-corrected chi connectivity index (χ2v) is 11.2. The third-order valence-corrected chi connectivity index (χ3v) is 8.46. The maximum absolute atomic E-state index is 15.4. The lowest BCUT2D eigenvalue weighted by Gasteiger charge is -2.35. The zero-order chi connectivity index (χ0) is 23.4. The van der Waals surface area contributed by atoms with Gasteiger partial charge >= 0.3 is 0 Å². The van der Waals surface area contributed by atoms with Gasteiger partial charge in [0.2, 0.25) is 0 Å². The molecule has 4 heterocycles. The number of nitrogens with one attached hydrogen (secondary N) is 2. The van der Waals surface area contributed by atoms with E-state index in [-0.39, 0.29) is 11.5 Å². The molecule has 0 radical (unpaired) electrons. The molecule has 1 aromatic rings. The Labute approximate surface area is 201 Å². The van der Waals surface area contributed by atoms with Gasteiger partial charge in [0.15, 0.2) is 12.1 Å². The van der Waals surface area contributed by atoms with Crippen molar-refractivity contribution in [1.29, 1.82) is 0 Å². The van der Waals surface area contributed by atoms with Gasteiger partial charge in [-0.05, 0) is 57.1 Å². The van der Waals surface area contributed by atoms with Crippen molar-refractivity contribution in [3.05, 3.63) is 50.7 Å². The van der Waals surface area contributed by atoms with Crippen LogP contribution in [0.4, 0.5) is 4.39 Å². The molecule has 0 amide bonds. The van der Waals surface area contributed by atoms with Crippen molar-refractivity contribution in [1.82, 2.24) is 20.1 Å². The minimum Gasteiger partial charge on any atom is -0.389 e. The van der Waals surface area contributed by atoms with Crippen molar-refractivity contribution in [2.24, 2.45) is 5.92 Å². The van der Waals surface area contributed by atoms with Crippen molar-refractivity contribution in [2.75, 3.05) is 26.2 Å². The van der Waals surface area contributed by atoms with Crippen LogP contribution < -0.4 is 26.6 Å². The summed E-state index contributed by atoms with van der Waals surface area (Å²) >= 11 is 0. The molecule has 0 aromatic carbocycles. The largest absolute Gasteiger partial charge is 0.389 e. The van der Waals surface area contributed by atoms with Crippen LogP contribution in [0.25, 0.3) is 17.8 Å². The fourth-order valence-corrected chi connectivity index (χ4v) is 6.62. The number of halogens is 1. The van der Waals surface area contributed by atoms with Crippen LogP contribution in [-0.2, 0) is 0 Å². The highest BCUT2D eigenvalue weighted by Crippen LogP contribution is 2.36. The van der Waals surface area contributed by atoms with E-state index in [0.717, 1.165) is 69.2 Å². The molecule has 3 aliphatic heterocycles. The van der Waals surface area contributed by atoms with Crippen molar-refractivity contribution in [3.63, 3.8) is 0 Å². The monoisotopic (exact) mass is 462 g/mol. The predicted molar refractivity (Wildman–Crippen MR) is 138 cm³/mol. The Kier molecular flexibility index (Phi) is 5.81. The lowest BCUT2D eigenvalue weighted by molar-refractivity contribution is 0.162. The zero-order valence-electron chi connectivity index (χ0n) is 20.2. The van der Waals surface area contributed by atoms with Gasteiger partial charge in [-0.1, -0.05) is 17.9 Å². The number of nitrogens with zero attached hydrogens (tertiary/aromatic N) is 2. The second-order valence-electron chi connectivity index (χ2n) is 11.2. The van der Waals surface area contributed by atoms with Gasteiger partial charge in [-0.3, -0.25) is 9.69 Å². The van der Waals surface area contributed by atoms with Gasteiger partial charge in [-0.2, -0.15) is 0 Å². The van der Waals surface area contributed by atoms with E-state index >= 15 is 4.39 Å². The Bertz CT molecular complexity index is 1200. The first-order chi connectivity index (χ1) is 16.5. The maximum atomic E-state index is 15.4. The highest BCUT2D eigenvalue weighted by molar-refractivity contribution is 6.68. The number of hydrogen-bond donors (Lipinski definition) is 2. The van der Waals surface area contributed by atoms with Crippen molar-refractivity contribution in [2.45, 2.75) is 69.5 Å². The Morgan fingerprint density at radius 2 is 2.00 bits per heavy atom. The SMILES string of the molecule is C=C(C)CC1CCC2NC(c3cn(C4CC4)c4c(c3=O)=CC(F)C(N3CCNCC3)C=4)=CB2C1. The Hall–Kier alpha value is -2.12. The van der Waals surface area contributed by atoms with E-state index in [1.165, 1.54) is 12.0 Å². The standard InChI is InChI=1S/C27H36BFN4O/c1-17(2)11-18-3-6-26-28(14-18)15-23(31-26)21-16-33(19-4-5-19)24-13-25(32-9-7-30-8-10-32)22(29)12-20(24)27(21)34/h12-13,15-16,18-19,22,25-26,30-31H,1,3-11,14H2,2H3. The molecule has 5 aliphatic rings. The first-order valence-corrected chi connectivity index (χ1v) is 13.2. The van der Waals surface area contributed by atoms with Crippen molar-refractivity contribution in [3.8, 4) is 0 Å². The molecule has 7 heteroatoms. The number of pyridine rings is 1. The summed E-state index contributed by atoms with van der Waals surface area (Å²) in [7, 11) is 0. The summed E-state index contributed by atoms with van der Waals surface area (Å²) in [5.41, 5.74) is 2.91. The third-order valence-electron chi connectivity index (χ3n) is 8.46. The summed E-state index contributed by atoms with van der Waals surface area (Å²) in [5, 5.41) is 8.51. The molecule has 2 aliphatic carbocycles. The van der Waals surface area contributed by atoms with Crippen LogP contribution in [0.1, 0.15) is 50.6 Å². The quantitative estimate of drug-likeness (QED) is 0.516. The summed E-state index contributed by atoms with van der Waals surface area (Å²) in [6.07, 6.45) is 11.4. The van der Waals surface area contributed by atoms with E-state index in [0.29, 0.717) is 35.4 Å². The van der Waals surface area contributed by atoms with Gasteiger partial charge in [0.25, 0.3) is 0 Å². The van der Waals surface area contributed by atoms with Crippen LogP contribution in [0.2, 0.25) is 6.32 Å². The van der Waals surface area contributed by atoms with E-state index in [1.807, 2.05) is 6.08 Å². The summed E-state index contributed by atoms with van der Waals surface area (Å²) in [4.78, 5) is 15.9. The van der Waals surface area contributed by atoms with E-state index in [1.54, 1.807) is 6.08 Å². The second kappa shape index (κ2) is 8.83. The highest BCUT2D eigenvalue weighted by atomic mass is 19.1. The highest BCUT2D eigenvalue weighted by Gasteiger charge is 2.38. The van der Waals surface area contributed by atoms with Gasteiger partial charge in [-0.15, -0.1) is 6.58 Å². The average Bonchev–Trinajstić information content (AvgIpc) is 3.58. The van der Waals surface area contributed by atoms with Crippen LogP contribution in [0, 0.1) is 5.92 Å². The zero-order valence-corrected chi connectivity index (χ0v) is 20.2. The molecule has 1 saturated carbocycles. The van der Waals surface area contributed by atoms with E-state index in [2.05, 4.69) is 45.8 Å². The molecule has 4 unspecified atom stereocenters. The average molecular weight is 462 g/mol. The molecule has 2 saturated heterocycles. The van der Waals surface area contributed by atoms with Gasteiger partial charge in [-0.25, -0.2) is 4.39 Å². The minimum absolute atomic E-state index is 0.0274. The molecule has 5 nitrogen and oxygen atoms in total. The fourth-order valence-electron chi connectivity index (χ4n) is 6.62. The number of allylic oxidation sites excluding steroid dienone is 1. The topological polar surface area (TPSA) is 49.3 Å².